The van der Waals surface area contributed by atoms with Crippen LogP contribution in [0.5, 0.6) is 5.75 Å². The highest BCUT2D eigenvalue weighted by Gasteiger charge is 2.31. The number of nitrogens with zero attached hydrogens (tertiary/aromatic N) is 1. The van der Waals surface area contributed by atoms with Crippen LogP contribution in [0.3, 0.4) is 0 Å². The Morgan fingerprint density at radius 3 is 2.48 bits per heavy atom. The van der Waals surface area contributed by atoms with Crippen LogP contribution in [-0.2, 0) is 11.2 Å². The number of halogens is 2. The Morgan fingerprint density at radius 1 is 1.17 bits per heavy atom. The van der Waals surface area contributed by atoms with Crippen LogP contribution >= 0.6 is 0 Å². The van der Waals surface area contributed by atoms with E-state index in [9.17, 15) is 13.6 Å². The van der Waals surface area contributed by atoms with Crippen LogP contribution in [0.1, 0.15) is 29.7 Å². The third-order valence-electron chi connectivity index (χ3n) is 4.18. The molecule has 2 aromatic rings. The molecule has 5 heteroatoms. The largest absolute Gasteiger partial charge is 0.497 e. The van der Waals surface area contributed by atoms with Gasteiger partial charge in [-0.2, -0.15) is 0 Å². The number of ether oxygens (including phenoxy) is 1. The fourth-order valence-corrected chi connectivity index (χ4v) is 3.16. The number of benzene rings is 2. The van der Waals surface area contributed by atoms with Crippen molar-refractivity contribution in [2.45, 2.75) is 19.4 Å². The highest BCUT2D eigenvalue weighted by molar-refractivity contribution is 5.75. The second-order valence-electron chi connectivity index (χ2n) is 5.63. The smallest absolute Gasteiger partial charge is 0.220 e. The lowest BCUT2D eigenvalue weighted by Gasteiger charge is -2.37. The highest BCUT2D eigenvalue weighted by Crippen LogP contribution is 2.37. The molecule has 1 atom stereocenters. The summed E-state index contributed by atoms with van der Waals surface area (Å²) in [5, 5.41) is 0. The van der Waals surface area contributed by atoms with Gasteiger partial charge in [-0.3, -0.25) is 4.79 Å². The van der Waals surface area contributed by atoms with Gasteiger partial charge in [0.15, 0.2) is 0 Å². The Kier molecular flexibility index (Phi) is 4.03. The van der Waals surface area contributed by atoms with Gasteiger partial charge < -0.3 is 9.64 Å². The van der Waals surface area contributed by atoms with Gasteiger partial charge >= 0.3 is 0 Å². The maximum absolute atomic E-state index is 13.6. The fraction of sp³-hybridized carbons (Fsp3) is 0.278. The van der Waals surface area contributed by atoms with Crippen molar-refractivity contribution >= 4 is 5.91 Å². The molecule has 0 saturated carbocycles. The summed E-state index contributed by atoms with van der Waals surface area (Å²) in [6.45, 7) is 1.97. The number of methoxy groups -OCH3 is 1. The quantitative estimate of drug-likeness (QED) is 0.849. The molecular weight excluding hydrogens is 300 g/mol. The van der Waals surface area contributed by atoms with E-state index in [4.69, 9.17) is 4.74 Å². The van der Waals surface area contributed by atoms with E-state index in [2.05, 4.69) is 0 Å². The van der Waals surface area contributed by atoms with E-state index < -0.39 is 17.7 Å². The van der Waals surface area contributed by atoms with E-state index in [1.807, 2.05) is 12.1 Å². The van der Waals surface area contributed by atoms with Crippen LogP contribution in [0.2, 0.25) is 0 Å². The van der Waals surface area contributed by atoms with Crippen molar-refractivity contribution in [3.05, 3.63) is 64.7 Å². The normalized spacial score (nSPS) is 16.9. The Hall–Kier alpha value is -2.43. The molecular formula is C18H17F2NO2. The molecule has 0 spiro atoms. The molecule has 2 aromatic carbocycles. The van der Waals surface area contributed by atoms with Gasteiger partial charge in [-0.1, -0.05) is 6.07 Å². The first-order valence-electron chi connectivity index (χ1n) is 7.39. The first kappa shape index (κ1) is 15.5. The molecule has 3 nitrogen and oxygen atoms in total. The van der Waals surface area contributed by atoms with Crippen LogP contribution in [-0.4, -0.2) is 24.5 Å². The Morgan fingerprint density at radius 2 is 1.87 bits per heavy atom. The topological polar surface area (TPSA) is 29.5 Å². The molecule has 120 valence electrons. The molecule has 0 fully saturated rings. The summed E-state index contributed by atoms with van der Waals surface area (Å²) in [7, 11) is 1.59. The summed E-state index contributed by atoms with van der Waals surface area (Å²) in [5.41, 5.74) is 2.33. The minimum Gasteiger partial charge on any atom is -0.497 e. The SMILES string of the molecule is COc1ccc2c(c1)CCN(C(C)=O)C2c1cc(F)cc(F)c1. The van der Waals surface area contributed by atoms with E-state index >= 15 is 0 Å². The van der Waals surface area contributed by atoms with Crippen molar-refractivity contribution in [3.63, 3.8) is 0 Å². The Labute approximate surface area is 133 Å². The zero-order chi connectivity index (χ0) is 16.6. The predicted octanol–water partition coefficient (Wildman–Crippen LogP) is 3.47. The van der Waals surface area contributed by atoms with Crippen molar-refractivity contribution in [2.75, 3.05) is 13.7 Å². The maximum atomic E-state index is 13.6. The Balaban J connectivity index is 2.15. The van der Waals surface area contributed by atoms with E-state index in [0.29, 0.717) is 18.5 Å². The third-order valence-corrected chi connectivity index (χ3v) is 4.18. The Bertz CT molecular complexity index is 740. The second kappa shape index (κ2) is 5.99. The first-order valence-corrected chi connectivity index (χ1v) is 7.39. The molecule has 0 radical (unpaired) electrons. The van der Waals surface area contributed by atoms with Crippen molar-refractivity contribution in [2.24, 2.45) is 0 Å². The fourth-order valence-electron chi connectivity index (χ4n) is 3.16. The zero-order valence-corrected chi connectivity index (χ0v) is 13.0. The number of hydrogen-bond donors (Lipinski definition) is 0. The molecule has 0 N–H and O–H groups in total. The highest BCUT2D eigenvalue weighted by atomic mass is 19.1. The molecule has 0 saturated heterocycles. The molecule has 1 aliphatic rings. The molecule has 1 aliphatic heterocycles. The van der Waals surface area contributed by atoms with Gasteiger partial charge in [0.2, 0.25) is 5.91 Å². The molecule has 3 rings (SSSR count). The average Bonchev–Trinajstić information content (AvgIpc) is 2.52. The van der Waals surface area contributed by atoms with Gasteiger partial charge in [0.25, 0.3) is 0 Å². The minimum absolute atomic E-state index is 0.124. The molecule has 1 amide bonds. The van der Waals surface area contributed by atoms with Crippen molar-refractivity contribution < 1.29 is 18.3 Å². The molecule has 0 aliphatic carbocycles. The summed E-state index contributed by atoms with van der Waals surface area (Å²) < 4.78 is 32.5. The number of carbonyl (C=O) groups excluding carboxylic acids is 1. The van der Waals surface area contributed by atoms with E-state index in [1.54, 1.807) is 18.1 Å². The van der Waals surface area contributed by atoms with Gasteiger partial charge in [0.05, 0.1) is 13.2 Å². The van der Waals surface area contributed by atoms with Gasteiger partial charge in [-0.15, -0.1) is 0 Å². The monoisotopic (exact) mass is 317 g/mol. The molecule has 1 heterocycles. The van der Waals surface area contributed by atoms with Crippen molar-refractivity contribution in [1.29, 1.82) is 0 Å². The van der Waals surface area contributed by atoms with E-state index in [1.165, 1.54) is 19.1 Å². The van der Waals surface area contributed by atoms with Gasteiger partial charge in [-0.25, -0.2) is 8.78 Å². The number of hydrogen-bond acceptors (Lipinski definition) is 2. The zero-order valence-electron chi connectivity index (χ0n) is 13.0. The van der Waals surface area contributed by atoms with Crippen LogP contribution < -0.4 is 4.74 Å². The summed E-state index contributed by atoms with van der Waals surface area (Å²) in [4.78, 5) is 13.6. The van der Waals surface area contributed by atoms with Crippen LogP contribution in [0, 0.1) is 11.6 Å². The standard InChI is InChI=1S/C18H17F2NO2/c1-11(22)21-6-5-12-9-16(23-2)3-4-17(12)18(21)13-7-14(19)10-15(20)8-13/h3-4,7-10,18H,5-6H2,1-2H3. The molecule has 0 bridgehead atoms. The molecule has 23 heavy (non-hydrogen) atoms. The van der Waals surface area contributed by atoms with E-state index in [0.717, 1.165) is 22.9 Å². The summed E-state index contributed by atoms with van der Waals surface area (Å²) >= 11 is 0. The van der Waals surface area contributed by atoms with Gasteiger partial charge in [-0.05, 0) is 47.4 Å². The van der Waals surface area contributed by atoms with E-state index in [-0.39, 0.29) is 5.91 Å². The lowest BCUT2D eigenvalue weighted by Crippen LogP contribution is -2.39. The maximum Gasteiger partial charge on any atom is 0.220 e. The summed E-state index contributed by atoms with van der Waals surface area (Å²) in [6.07, 6.45) is 0.681. The lowest BCUT2D eigenvalue weighted by atomic mass is 9.88. The number of rotatable bonds is 2. The van der Waals surface area contributed by atoms with Gasteiger partial charge in [0.1, 0.15) is 17.4 Å². The van der Waals surface area contributed by atoms with Crippen LogP contribution in [0.4, 0.5) is 8.78 Å². The first-order chi connectivity index (χ1) is 11.0. The molecule has 0 aromatic heterocycles. The second-order valence-corrected chi connectivity index (χ2v) is 5.63. The van der Waals surface area contributed by atoms with Crippen LogP contribution in [0.25, 0.3) is 0 Å². The summed E-state index contributed by atoms with van der Waals surface area (Å²) in [5.74, 6) is -0.696. The van der Waals surface area contributed by atoms with Gasteiger partial charge in [0, 0.05) is 19.5 Å². The summed E-state index contributed by atoms with van der Waals surface area (Å²) in [6, 6.07) is 8.47. The lowest BCUT2D eigenvalue weighted by molar-refractivity contribution is -0.130. The number of fused-ring (bicyclic) bond motifs is 1. The predicted molar refractivity (Wildman–Crippen MR) is 82.3 cm³/mol. The number of carbonyl (C=O) groups is 1. The van der Waals surface area contributed by atoms with Crippen molar-refractivity contribution in [3.8, 4) is 5.75 Å². The number of amides is 1. The van der Waals surface area contributed by atoms with Crippen molar-refractivity contribution in [1.82, 2.24) is 4.90 Å². The third kappa shape index (κ3) is 2.91. The average molecular weight is 317 g/mol. The van der Waals surface area contributed by atoms with Crippen LogP contribution in [0.15, 0.2) is 36.4 Å². The minimum atomic E-state index is -0.649. The molecule has 1 unspecified atom stereocenters.